The average Bonchev–Trinajstić information content (AvgIpc) is 2.49. The maximum Gasteiger partial charge on any atom is 0.303 e. The highest BCUT2D eigenvalue weighted by Gasteiger charge is 2.52. The Balaban J connectivity index is 3.27. The van der Waals surface area contributed by atoms with Gasteiger partial charge in [-0.3, -0.25) is 19.2 Å². The molecule has 0 spiro atoms. The van der Waals surface area contributed by atoms with E-state index in [9.17, 15) is 19.2 Å². The van der Waals surface area contributed by atoms with Gasteiger partial charge in [-0.05, 0) is 13.3 Å². The van der Waals surface area contributed by atoms with Gasteiger partial charge in [-0.1, -0.05) is 0 Å². The summed E-state index contributed by atoms with van der Waals surface area (Å²) in [5, 5.41) is 0. The minimum atomic E-state index is -1.15. The lowest BCUT2D eigenvalue weighted by Gasteiger charge is -2.44. The number of hydrogen-bond donors (Lipinski definition) is 1. The normalized spacial score (nSPS) is 28.6. The predicted octanol–water partition coefficient (Wildman–Crippen LogP) is -0.151. The number of ether oxygens (including phenoxy) is 5. The number of rotatable bonds is 7. The molecule has 1 aliphatic rings. The summed E-state index contributed by atoms with van der Waals surface area (Å²) in [4.78, 5) is 45.9. The molecule has 0 radical (unpaired) electrons. The number of carbonyl (C=O) groups excluding carboxylic acids is 4. The topological polar surface area (TPSA) is 140 Å². The van der Waals surface area contributed by atoms with Crippen LogP contribution in [0.1, 0.15) is 41.0 Å². The third-order valence-corrected chi connectivity index (χ3v) is 3.69. The van der Waals surface area contributed by atoms with E-state index in [0.717, 1.165) is 0 Å². The van der Waals surface area contributed by atoms with Crippen LogP contribution in [0, 0.1) is 0 Å². The fraction of sp³-hybridized carbons (Fsp3) is 0.765. The molecule has 0 aromatic carbocycles. The monoisotopic (exact) mass is 389 g/mol. The summed E-state index contributed by atoms with van der Waals surface area (Å²) >= 11 is 0. The molecule has 0 aliphatic carbocycles. The van der Waals surface area contributed by atoms with E-state index in [-0.39, 0.29) is 19.1 Å². The third kappa shape index (κ3) is 7.51. The lowest BCUT2D eigenvalue weighted by atomic mass is 9.91. The van der Waals surface area contributed by atoms with Crippen molar-refractivity contribution in [1.29, 1.82) is 0 Å². The van der Waals surface area contributed by atoms with E-state index < -0.39 is 54.4 Å². The Morgan fingerprint density at radius 1 is 0.815 bits per heavy atom. The fourth-order valence-electron chi connectivity index (χ4n) is 2.87. The van der Waals surface area contributed by atoms with Crippen molar-refractivity contribution in [3.63, 3.8) is 0 Å². The smallest absolute Gasteiger partial charge is 0.303 e. The van der Waals surface area contributed by atoms with Crippen LogP contribution in [0.2, 0.25) is 0 Å². The highest BCUT2D eigenvalue weighted by molar-refractivity contribution is 5.68. The molecule has 2 N–H and O–H groups in total. The van der Waals surface area contributed by atoms with Gasteiger partial charge in [-0.2, -0.15) is 0 Å². The van der Waals surface area contributed by atoms with Gasteiger partial charge in [0.05, 0.1) is 0 Å². The van der Waals surface area contributed by atoms with Crippen LogP contribution in [0.4, 0.5) is 0 Å². The highest BCUT2D eigenvalue weighted by atomic mass is 16.7. The van der Waals surface area contributed by atoms with E-state index in [0.29, 0.717) is 0 Å². The summed E-state index contributed by atoms with van der Waals surface area (Å²) in [5.41, 5.74) is 5.85. The van der Waals surface area contributed by atoms with Gasteiger partial charge in [0.2, 0.25) is 0 Å². The summed E-state index contributed by atoms with van der Waals surface area (Å²) in [6, 6.07) is -0.328. The molecule has 1 heterocycles. The van der Waals surface area contributed by atoms with Crippen molar-refractivity contribution < 1.29 is 42.9 Å². The minimum Gasteiger partial charge on any atom is -0.463 e. The molecule has 1 rings (SSSR count). The van der Waals surface area contributed by atoms with Gasteiger partial charge in [0.15, 0.2) is 18.3 Å². The Bertz CT molecular complexity index is 563. The minimum absolute atomic E-state index is 0.243. The maximum atomic E-state index is 11.6. The van der Waals surface area contributed by atoms with Crippen LogP contribution in [0.3, 0.4) is 0 Å². The summed E-state index contributed by atoms with van der Waals surface area (Å²) in [7, 11) is 0. The SMILES string of the molecule is CC(=O)OC[C@H]1O[C@@H](CC(C)N)[C@H](OC(C)=O)[C@@H](OC(C)=O)[C@H]1OC(C)=O. The molecular weight excluding hydrogens is 362 g/mol. The van der Waals surface area contributed by atoms with Gasteiger partial charge in [0.1, 0.15) is 18.8 Å². The second-order valence-electron chi connectivity index (χ2n) is 6.45. The van der Waals surface area contributed by atoms with Crippen molar-refractivity contribution in [2.45, 2.75) is 77.6 Å². The second kappa shape index (κ2) is 10.2. The first kappa shape index (κ1) is 22.8. The Hall–Kier alpha value is -2.20. The lowest BCUT2D eigenvalue weighted by molar-refractivity contribution is -0.253. The molecule has 10 heteroatoms. The number of esters is 4. The quantitative estimate of drug-likeness (QED) is 0.461. The van der Waals surface area contributed by atoms with E-state index in [1.54, 1.807) is 6.92 Å². The Morgan fingerprint density at radius 3 is 1.67 bits per heavy atom. The van der Waals surface area contributed by atoms with Crippen molar-refractivity contribution in [1.82, 2.24) is 0 Å². The molecule has 27 heavy (non-hydrogen) atoms. The van der Waals surface area contributed by atoms with Crippen molar-refractivity contribution in [3.8, 4) is 0 Å². The Morgan fingerprint density at radius 2 is 1.26 bits per heavy atom. The molecule has 154 valence electrons. The summed E-state index contributed by atoms with van der Waals surface area (Å²) in [6.45, 7) is 6.24. The standard InChI is InChI=1S/C17H27NO9/c1-8(18)6-13-15(24-10(3)20)17(26-12(5)22)16(25-11(4)21)14(27-13)7-23-9(2)19/h8,13-17H,6-7,18H2,1-5H3/t8?,13-,14+,15-,16-,17+/m0/s1. The molecule has 1 unspecified atom stereocenters. The lowest BCUT2D eigenvalue weighted by Crippen LogP contribution is -2.62. The molecule has 1 aliphatic heterocycles. The molecule has 0 saturated carbocycles. The molecule has 0 amide bonds. The fourth-order valence-corrected chi connectivity index (χ4v) is 2.87. The van der Waals surface area contributed by atoms with Gasteiger partial charge in [-0.15, -0.1) is 0 Å². The van der Waals surface area contributed by atoms with Crippen molar-refractivity contribution in [3.05, 3.63) is 0 Å². The zero-order chi connectivity index (χ0) is 20.7. The van der Waals surface area contributed by atoms with Crippen LogP contribution in [-0.2, 0) is 42.9 Å². The van der Waals surface area contributed by atoms with Crippen molar-refractivity contribution in [2.75, 3.05) is 6.61 Å². The Labute approximate surface area is 157 Å². The molecule has 0 aromatic heterocycles. The van der Waals surface area contributed by atoms with Crippen LogP contribution < -0.4 is 5.73 Å². The average molecular weight is 389 g/mol. The molecule has 10 nitrogen and oxygen atoms in total. The summed E-state index contributed by atoms with van der Waals surface area (Å²) in [5.74, 6) is -2.52. The van der Waals surface area contributed by atoms with Crippen LogP contribution in [0.15, 0.2) is 0 Å². The van der Waals surface area contributed by atoms with Crippen LogP contribution in [0.25, 0.3) is 0 Å². The first-order valence-corrected chi connectivity index (χ1v) is 8.57. The van der Waals surface area contributed by atoms with Crippen LogP contribution in [-0.4, -0.2) is 67.0 Å². The van der Waals surface area contributed by atoms with Crippen LogP contribution >= 0.6 is 0 Å². The predicted molar refractivity (Wildman–Crippen MR) is 90.2 cm³/mol. The number of nitrogens with two attached hydrogens (primary N) is 1. The molecular formula is C17H27NO9. The summed E-state index contributed by atoms with van der Waals surface area (Å²) in [6.07, 6.45) is -4.76. The first-order valence-electron chi connectivity index (χ1n) is 8.57. The Kier molecular flexibility index (Phi) is 8.64. The second-order valence-corrected chi connectivity index (χ2v) is 6.45. The first-order chi connectivity index (χ1) is 12.5. The van der Waals surface area contributed by atoms with Gasteiger partial charge in [0, 0.05) is 33.7 Å². The van der Waals surface area contributed by atoms with Crippen molar-refractivity contribution >= 4 is 23.9 Å². The van der Waals surface area contributed by atoms with Gasteiger partial charge in [0.25, 0.3) is 0 Å². The van der Waals surface area contributed by atoms with Crippen LogP contribution in [0.5, 0.6) is 0 Å². The molecule has 6 atom stereocenters. The maximum absolute atomic E-state index is 11.6. The van der Waals surface area contributed by atoms with Gasteiger partial charge >= 0.3 is 23.9 Å². The van der Waals surface area contributed by atoms with Crippen molar-refractivity contribution in [2.24, 2.45) is 5.73 Å². The largest absolute Gasteiger partial charge is 0.463 e. The molecule has 0 bridgehead atoms. The number of hydrogen-bond acceptors (Lipinski definition) is 10. The molecule has 1 fully saturated rings. The summed E-state index contributed by atoms with van der Waals surface area (Å²) < 4.78 is 26.7. The molecule has 1 saturated heterocycles. The van der Waals surface area contributed by atoms with Gasteiger partial charge in [-0.25, -0.2) is 0 Å². The van der Waals surface area contributed by atoms with E-state index in [2.05, 4.69) is 0 Å². The third-order valence-electron chi connectivity index (χ3n) is 3.69. The van der Waals surface area contributed by atoms with E-state index >= 15 is 0 Å². The van der Waals surface area contributed by atoms with E-state index in [1.807, 2.05) is 0 Å². The van der Waals surface area contributed by atoms with E-state index in [4.69, 9.17) is 29.4 Å². The molecule has 0 aromatic rings. The number of carbonyl (C=O) groups is 4. The zero-order valence-corrected chi connectivity index (χ0v) is 16.1. The zero-order valence-electron chi connectivity index (χ0n) is 16.1. The highest BCUT2D eigenvalue weighted by Crippen LogP contribution is 2.31. The van der Waals surface area contributed by atoms with E-state index in [1.165, 1.54) is 27.7 Å². The van der Waals surface area contributed by atoms with Gasteiger partial charge < -0.3 is 29.4 Å².